The molecule has 0 spiro atoms. The Morgan fingerprint density at radius 2 is 1.74 bits per heavy atom. The van der Waals surface area contributed by atoms with Gasteiger partial charge in [0.1, 0.15) is 11.5 Å². The van der Waals surface area contributed by atoms with Crippen LogP contribution in [0.25, 0.3) is 0 Å². The minimum absolute atomic E-state index is 0.0673. The molecular formula is C15H22O4. The van der Waals surface area contributed by atoms with E-state index in [4.69, 9.17) is 0 Å². The Hall–Kier alpha value is -1.71. The van der Waals surface area contributed by atoms with E-state index in [1.807, 2.05) is 0 Å². The van der Waals surface area contributed by atoms with Crippen molar-refractivity contribution in [2.75, 3.05) is 7.11 Å². The van der Waals surface area contributed by atoms with Gasteiger partial charge in [-0.2, -0.15) is 0 Å². The first-order chi connectivity index (χ1) is 8.85. The van der Waals surface area contributed by atoms with Gasteiger partial charge in [0.05, 0.1) is 7.11 Å². The number of carbonyl (C=O) groups is 1. The van der Waals surface area contributed by atoms with E-state index in [1.165, 1.54) is 13.2 Å². The Bertz CT molecular complexity index is 418. The van der Waals surface area contributed by atoms with Crippen molar-refractivity contribution in [2.45, 2.75) is 44.9 Å². The van der Waals surface area contributed by atoms with Gasteiger partial charge in [-0.3, -0.25) is 4.79 Å². The molecule has 0 aromatic heterocycles. The second-order valence-electron chi connectivity index (χ2n) is 5.41. The third-order valence-corrected chi connectivity index (χ3v) is 3.34. The summed E-state index contributed by atoms with van der Waals surface area (Å²) in [4.78, 5) is 11.0. The van der Waals surface area contributed by atoms with E-state index in [0.29, 0.717) is 6.42 Å². The molecular weight excluding hydrogens is 244 g/mol. The predicted molar refractivity (Wildman–Crippen MR) is 73.3 cm³/mol. The van der Waals surface area contributed by atoms with Crippen molar-refractivity contribution >= 4 is 5.97 Å². The lowest BCUT2D eigenvalue weighted by molar-refractivity contribution is -0.140. The molecule has 0 aliphatic rings. The van der Waals surface area contributed by atoms with Crippen molar-refractivity contribution in [2.24, 2.45) is 0 Å². The quantitative estimate of drug-likeness (QED) is 0.613. The van der Waals surface area contributed by atoms with E-state index in [1.54, 1.807) is 12.1 Å². The number of rotatable bonds is 6. The zero-order chi connectivity index (χ0) is 14.5. The molecule has 4 nitrogen and oxygen atoms in total. The van der Waals surface area contributed by atoms with Crippen LogP contribution in [0, 0.1) is 0 Å². The first-order valence-electron chi connectivity index (χ1n) is 6.45. The van der Waals surface area contributed by atoms with Crippen LogP contribution in [-0.2, 0) is 14.9 Å². The number of ether oxygens (including phenoxy) is 1. The lowest BCUT2D eigenvalue weighted by Gasteiger charge is -2.25. The van der Waals surface area contributed by atoms with Gasteiger partial charge < -0.3 is 14.9 Å². The molecule has 0 heterocycles. The van der Waals surface area contributed by atoms with E-state index in [9.17, 15) is 15.0 Å². The number of methoxy groups -OCH3 is 1. The molecule has 4 heteroatoms. The average Bonchev–Trinajstić information content (AvgIpc) is 2.33. The Kier molecular flexibility index (Phi) is 5.21. The van der Waals surface area contributed by atoms with Crippen molar-refractivity contribution < 1.29 is 19.7 Å². The van der Waals surface area contributed by atoms with Gasteiger partial charge in [-0.1, -0.05) is 20.3 Å². The lowest BCUT2D eigenvalue weighted by Crippen LogP contribution is -2.17. The Labute approximate surface area is 114 Å². The average molecular weight is 266 g/mol. The summed E-state index contributed by atoms with van der Waals surface area (Å²) in [5, 5.41) is 19.0. The van der Waals surface area contributed by atoms with Crippen LogP contribution in [0.4, 0.5) is 0 Å². The standard InChI is InChI=1S/C15H22O4/c1-15(2,7-5-4-6-14(18)19-3)11-8-12(16)10-13(17)9-11/h8-10,16-17H,4-7H2,1-3H3. The van der Waals surface area contributed by atoms with Crippen molar-refractivity contribution in [1.29, 1.82) is 0 Å². The maximum absolute atomic E-state index is 11.0. The van der Waals surface area contributed by atoms with Crippen LogP contribution in [-0.4, -0.2) is 23.3 Å². The molecule has 0 radical (unpaired) electrons. The van der Waals surface area contributed by atoms with Gasteiger partial charge in [0.25, 0.3) is 0 Å². The zero-order valence-corrected chi connectivity index (χ0v) is 11.8. The maximum Gasteiger partial charge on any atom is 0.305 e. The van der Waals surface area contributed by atoms with Crippen LogP contribution in [0.2, 0.25) is 0 Å². The summed E-state index contributed by atoms with van der Waals surface area (Å²) in [5.74, 6) is -0.0527. The molecule has 0 amide bonds. The fraction of sp³-hybridized carbons (Fsp3) is 0.533. The predicted octanol–water partition coefficient (Wildman–Crippen LogP) is 3.11. The summed E-state index contributed by atoms with van der Waals surface area (Å²) in [7, 11) is 1.39. The molecule has 19 heavy (non-hydrogen) atoms. The number of esters is 1. The number of phenols is 2. The van der Waals surface area contributed by atoms with E-state index in [2.05, 4.69) is 18.6 Å². The maximum atomic E-state index is 11.0. The molecule has 0 atom stereocenters. The molecule has 106 valence electrons. The topological polar surface area (TPSA) is 66.8 Å². The first-order valence-corrected chi connectivity index (χ1v) is 6.45. The van der Waals surface area contributed by atoms with Crippen LogP contribution in [0.3, 0.4) is 0 Å². The van der Waals surface area contributed by atoms with E-state index >= 15 is 0 Å². The van der Waals surface area contributed by atoms with Crippen molar-refractivity contribution in [3.63, 3.8) is 0 Å². The summed E-state index contributed by atoms with van der Waals surface area (Å²) < 4.78 is 4.59. The van der Waals surface area contributed by atoms with E-state index in [0.717, 1.165) is 24.8 Å². The molecule has 0 aliphatic heterocycles. The molecule has 0 saturated heterocycles. The highest BCUT2D eigenvalue weighted by atomic mass is 16.5. The Morgan fingerprint density at radius 3 is 2.26 bits per heavy atom. The summed E-state index contributed by atoms with van der Waals surface area (Å²) in [6, 6.07) is 4.65. The van der Waals surface area contributed by atoms with Crippen molar-refractivity contribution in [1.82, 2.24) is 0 Å². The Balaban J connectivity index is 2.57. The molecule has 0 aliphatic carbocycles. The SMILES string of the molecule is COC(=O)CCCCC(C)(C)c1cc(O)cc(O)c1. The second kappa shape index (κ2) is 6.45. The summed E-state index contributed by atoms with van der Waals surface area (Å²) in [6.45, 7) is 4.11. The number of phenolic OH excluding ortho intramolecular Hbond substituents is 2. The minimum Gasteiger partial charge on any atom is -0.508 e. The highest BCUT2D eigenvalue weighted by Gasteiger charge is 2.21. The number of benzene rings is 1. The first kappa shape index (κ1) is 15.3. The third-order valence-electron chi connectivity index (χ3n) is 3.34. The van der Waals surface area contributed by atoms with Crippen molar-refractivity contribution in [3.05, 3.63) is 23.8 Å². The lowest BCUT2D eigenvalue weighted by atomic mass is 9.80. The highest BCUT2D eigenvalue weighted by molar-refractivity contribution is 5.68. The number of unbranched alkanes of at least 4 members (excludes halogenated alkanes) is 1. The van der Waals surface area contributed by atoms with Gasteiger partial charge in [0, 0.05) is 12.5 Å². The van der Waals surface area contributed by atoms with Crippen LogP contribution < -0.4 is 0 Å². The molecule has 0 fully saturated rings. The van der Waals surface area contributed by atoms with E-state index in [-0.39, 0.29) is 22.9 Å². The van der Waals surface area contributed by atoms with Crippen LogP contribution >= 0.6 is 0 Å². The minimum atomic E-state index is -0.187. The van der Waals surface area contributed by atoms with Gasteiger partial charge in [0.15, 0.2) is 0 Å². The van der Waals surface area contributed by atoms with Crippen LogP contribution in [0.5, 0.6) is 11.5 Å². The number of hydrogen-bond donors (Lipinski definition) is 2. The summed E-state index contributed by atoms with van der Waals surface area (Å²) in [5.41, 5.74) is 0.731. The molecule has 0 unspecified atom stereocenters. The number of carbonyl (C=O) groups excluding carboxylic acids is 1. The van der Waals surface area contributed by atoms with E-state index < -0.39 is 0 Å². The molecule has 1 aromatic rings. The van der Waals surface area contributed by atoms with Crippen LogP contribution in [0.15, 0.2) is 18.2 Å². The normalized spacial score (nSPS) is 11.3. The summed E-state index contributed by atoms with van der Waals surface area (Å²) in [6.07, 6.45) is 2.96. The molecule has 2 N–H and O–H groups in total. The second-order valence-corrected chi connectivity index (χ2v) is 5.41. The highest BCUT2D eigenvalue weighted by Crippen LogP contribution is 2.33. The van der Waals surface area contributed by atoms with Crippen LogP contribution in [0.1, 0.15) is 45.1 Å². The van der Waals surface area contributed by atoms with Gasteiger partial charge in [-0.05, 0) is 36.0 Å². The third kappa shape index (κ3) is 4.81. The Morgan fingerprint density at radius 1 is 1.16 bits per heavy atom. The van der Waals surface area contributed by atoms with Gasteiger partial charge in [-0.15, -0.1) is 0 Å². The number of hydrogen-bond acceptors (Lipinski definition) is 4. The molecule has 1 aromatic carbocycles. The zero-order valence-electron chi connectivity index (χ0n) is 11.8. The largest absolute Gasteiger partial charge is 0.508 e. The number of aromatic hydroxyl groups is 2. The molecule has 0 saturated carbocycles. The molecule has 0 bridgehead atoms. The smallest absolute Gasteiger partial charge is 0.305 e. The summed E-state index contributed by atoms with van der Waals surface area (Å²) >= 11 is 0. The molecule has 1 rings (SSSR count). The van der Waals surface area contributed by atoms with Crippen molar-refractivity contribution in [3.8, 4) is 11.5 Å². The van der Waals surface area contributed by atoms with Gasteiger partial charge in [0.2, 0.25) is 0 Å². The van der Waals surface area contributed by atoms with Gasteiger partial charge in [-0.25, -0.2) is 0 Å². The fourth-order valence-electron chi connectivity index (χ4n) is 2.07. The fourth-order valence-corrected chi connectivity index (χ4v) is 2.07. The monoisotopic (exact) mass is 266 g/mol. The van der Waals surface area contributed by atoms with Gasteiger partial charge >= 0.3 is 5.97 Å².